The third kappa shape index (κ3) is 6.18. The van der Waals surface area contributed by atoms with Gasteiger partial charge < -0.3 is 43.8 Å². The van der Waals surface area contributed by atoms with Crippen LogP contribution in [0.2, 0.25) is 0 Å². The SMILES string of the molecule is COc1ccc(-c2oc3cc(OC)cc(OC)c3c(=O)c2OCCCCCN2C[C@H](O)[C@@H](O)[C@H](O)[C@H]2CO)cc1. The summed E-state index contributed by atoms with van der Waals surface area (Å²) >= 11 is 0. The van der Waals surface area contributed by atoms with Crippen molar-refractivity contribution in [1.29, 1.82) is 0 Å². The minimum Gasteiger partial charge on any atom is -0.497 e. The van der Waals surface area contributed by atoms with E-state index >= 15 is 0 Å². The van der Waals surface area contributed by atoms with Crippen molar-refractivity contribution in [1.82, 2.24) is 4.90 Å². The van der Waals surface area contributed by atoms with Gasteiger partial charge in [0, 0.05) is 24.2 Å². The van der Waals surface area contributed by atoms with Gasteiger partial charge >= 0.3 is 0 Å². The van der Waals surface area contributed by atoms with Crippen LogP contribution in [-0.2, 0) is 0 Å². The molecule has 0 radical (unpaired) electrons. The maximum atomic E-state index is 13.7. The van der Waals surface area contributed by atoms with Crippen LogP contribution in [0.1, 0.15) is 19.3 Å². The summed E-state index contributed by atoms with van der Waals surface area (Å²) in [5.41, 5.74) is 0.567. The molecule has 11 heteroatoms. The molecule has 1 aliphatic rings. The molecular weight excluding hydrogens is 522 g/mol. The van der Waals surface area contributed by atoms with Crippen molar-refractivity contribution < 1.29 is 43.8 Å². The van der Waals surface area contributed by atoms with Crippen molar-refractivity contribution in [3.63, 3.8) is 0 Å². The molecule has 3 aromatic rings. The van der Waals surface area contributed by atoms with Gasteiger partial charge in [0.1, 0.15) is 40.4 Å². The van der Waals surface area contributed by atoms with Crippen LogP contribution in [0.15, 0.2) is 45.6 Å². The highest BCUT2D eigenvalue weighted by Crippen LogP contribution is 2.37. The van der Waals surface area contributed by atoms with Crippen LogP contribution in [0.3, 0.4) is 0 Å². The minimum atomic E-state index is -1.28. The van der Waals surface area contributed by atoms with E-state index in [4.69, 9.17) is 23.4 Å². The highest BCUT2D eigenvalue weighted by atomic mass is 16.5. The van der Waals surface area contributed by atoms with E-state index in [1.165, 1.54) is 14.2 Å². The average molecular weight is 560 g/mol. The molecule has 0 unspecified atom stereocenters. The fourth-order valence-corrected chi connectivity index (χ4v) is 4.99. The van der Waals surface area contributed by atoms with Crippen molar-refractivity contribution in [3.05, 3.63) is 46.6 Å². The topological polar surface area (TPSA) is 151 Å². The zero-order valence-electron chi connectivity index (χ0n) is 22.9. The first kappa shape index (κ1) is 29.6. The average Bonchev–Trinajstić information content (AvgIpc) is 2.97. The number of methoxy groups -OCH3 is 3. The molecular formula is C29H37NO10. The number of hydrogen-bond acceptors (Lipinski definition) is 11. The van der Waals surface area contributed by atoms with E-state index in [0.29, 0.717) is 47.8 Å². The summed E-state index contributed by atoms with van der Waals surface area (Å²) in [5, 5.41) is 39.9. The molecule has 2 aromatic carbocycles. The van der Waals surface area contributed by atoms with E-state index in [2.05, 4.69) is 0 Å². The van der Waals surface area contributed by atoms with E-state index in [0.717, 1.165) is 6.42 Å². The molecule has 1 aromatic heterocycles. The molecule has 4 atom stereocenters. The van der Waals surface area contributed by atoms with Gasteiger partial charge in [0.25, 0.3) is 0 Å². The molecule has 40 heavy (non-hydrogen) atoms. The molecule has 1 fully saturated rings. The first-order chi connectivity index (χ1) is 19.3. The monoisotopic (exact) mass is 559 g/mol. The fourth-order valence-electron chi connectivity index (χ4n) is 4.99. The standard InChI is InChI=1S/C29H37NO10/c1-36-18-9-7-17(8-10-18)28-29(27(35)24-22(38-3)13-19(37-2)14-23(24)40-28)39-12-6-4-5-11-30-15-21(32)26(34)25(33)20(30)16-31/h7-10,13-14,20-21,25-26,31-34H,4-6,11-12,15-16H2,1-3H3/t20-,21+,25-,26-/m1/s1. The van der Waals surface area contributed by atoms with Crippen LogP contribution in [0.5, 0.6) is 23.0 Å². The number of rotatable bonds is 12. The Bertz CT molecular complexity index is 1330. The normalized spacial score (nSPS) is 21.4. The quantitative estimate of drug-likeness (QED) is 0.240. The van der Waals surface area contributed by atoms with Crippen LogP contribution < -0.4 is 24.4 Å². The molecule has 4 rings (SSSR count). The second kappa shape index (κ2) is 13.3. The van der Waals surface area contributed by atoms with Gasteiger partial charge in [-0.25, -0.2) is 0 Å². The van der Waals surface area contributed by atoms with E-state index in [9.17, 15) is 25.2 Å². The predicted octanol–water partition coefficient (Wildman–Crippen LogP) is 1.79. The van der Waals surface area contributed by atoms with Crippen molar-refractivity contribution in [3.8, 4) is 34.3 Å². The van der Waals surface area contributed by atoms with Crippen LogP contribution in [0.25, 0.3) is 22.3 Å². The lowest BCUT2D eigenvalue weighted by Gasteiger charge is -2.43. The lowest BCUT2D eigenvalue weighted by atomic mass is 9.94. The molecule has 1 aliphatic heterocycles. The van der Waals surface area contributed by atoms with Gasteiger partial charge in [-0.1, -0.05) is 0 Å². The van der Waals surface area contributed by atoms with Gasteiger partial charge in [-0.3, -0.25) is 9.69 Å². The number of nitrogens with zero attached hydrogens (tertiary/aromatic N) is 1. The maximum Gasteiger partial charge on any atom is 0.239 e. The molecule has 2 heterocycles. The summed E-state index contributed by atoms with van der Waals surface area (Å²) in [4.78, 5) is 15.5. The third-order valence-corrected chi connectivity index (χ3v) is 7.25. The molecule has 11 nitrogen and oxygen atoms in total. The number of unbranched alkanes of at least 4 members (excludes halogenated alkanes) is 2. The number of fused-ring (bicyclic) bond motifs is 1. The summed E-state index contributed by atoms with van der Waals surface area (Å²) in [5.74, 6) is 1.79. The molecule has 0 amide bonds. The smallest absolute Gasteiger partial charge is 0.239 e. The number of hydrogen-bond donors (Lipinski definition) is 4. The Hall–Kier alpha value is -3.35. The zero-order valence-corrected chi connectivity index (χ0v) is 22.9. The summed E-state index contributed by atoms with van der Waals surface area (Å²) < 4.78 is 28.3. The van der Waals surface area contributed by atoms with Gasteiger partial charge in [-0.05, 0) is 50.1 Å². The van der Waals surface area contributed by atoms with Gasteiger partial charge in [0.15, 0.2) is 5.76 Å². The number of likely N-dealkylation sites (tertiary alicyclic amines) is 1. The lowest BCUT2D eigenvalue weighted by Crippen LogP contribution is -2.62. The van der Waals surface area contributed by atoms with Crippen molar-refractivity contribution in [2.75, 3.05) is 47.6 Å². The Kier molecular flexibility index (Phi) is 9.88. The number of ether oxygens (including phenoxy) is 4. The van der Waals surface area contributed by atoms with Gasteiger partial charge in [0.2, 0.25) is 11.2 Å². The van der Waals surface area contributed by atoms with Crippen LogP contribution in [-0.4, -0.2) is 97.3 Å². The van der Waals surface area contributed by atoms with Crippen LogP contribution in [0.4, 0.5) is 0 Å². The predicted molar refractivity (Wildman–Crippen MR) is 147 cm³/mol. The van der Waals surface area contributed by atoms with Gasteiger partial charge in [-0.2, -0.15) is 0 Å². The van der Waals surface area contributed by atoms with Gasteiger partial charge in [-0.15, -0.1) is 0 Å². The zero-order chi connectivity index (χ0) is 28.8. The Morgan fingerprint density at radius 2 is 1.65 bits per heavy atom. The first-order valence-corrected chi connectivity index (χ1v) is 13.2. The van der Waals surface area contributed by atoms with E-state index < -0.39 is 24.4 Å². The minimum absolute atomic E-state index is 0.0674. The Morgan fingerprint density at radius 3 is 2.30 bits per heavy atom. The number of benzene rings is 2. The van der Waals surface area contributed by atoms with Crippen molar-refractivity contribution >= 4 is 11.0 Å². The molecule has 0 saturated carbocycles. The third-order valence-electron chi connectivity index (χ3n) is 7.25. The van der Waals surface area contributed by atoms with Crippen LogP contribution in [0, 0.1) is 0 Å². The Balaban J connectivity index is 1.51. The number of piperidine rings is 1. The van der Waals surface area contributed by atoms with E-state index in [1.807, 2.05) is 0 Å². The molecule has 4 N–H and O–H groups in total. The molecule has 1 saturated heterocycles. The second-order valence-corrected chi connectivity index (χ2v) is 9.72. The summed E-state index contributed by atoms with van der Waals surface area (Å²) in [6.45, 7) is 0.594. The summed E-state index contributed by atoms with van der Waals surface area (Å²) in [6.07, 6.45) is -1.55. The number of aliphatic hydroxyl groups is 4. The highest BCUT2D eigenvalue weighted by Gasteiger charge is 2.40. The lowest BCUT2D eigenvalue weighted by molar-refractivity contribution is -0.145. The van der Waals surface area contributed by atoms with Crippen molar-refractivity contribution in [2.24, 2.45) is 0 Å². The Morgan fingerprint density at radius 1 is 0.925 bits per heavy atom. The number of β-amino-alcohol motifs (C(OH)–C–C–N with tert-alkyl or cyclic N) is 1. The molecule has 0 bridgehead atoms. The van der Waals surface area contributed by atoms with Crippen molar-refractivity contribution in [2.45, 2.75) is 43.6 Å². The van der Waals surface area contributed by atoms with E-state index in [-0.39, 0.29) is 42.1 Å². The van der Waals surface area contributed by atoms with Gasteiger partial charge in [0.05, 0.1) is 46.7 Å². The first-order valence-electron chi connectivity index (χ1n) is 13.2. The maximum absolute atomic E-state index is 13.7. The number of aliphatic hydroxyl groups excluding tert-OH is 4. The highest BCUT2D eigenvalue weighted by molar-refractivity contribution is 5.88. The molecule has 218 valence electrons. The molecule has 0 aliphatic carbocycles. The largest absolute Gasteiger partial charge is 0.497 e. The van der Waals surface area contributed by atoms with Crippen LogP contribution >= 0.6 is 0 Å². The summed E-state index contributed by atoms with van der Waals surface area (Å²) in [7, 11) is 4.55. The second-order valence-electron chi connectivity index (χ2n) is 9.72. The molecule has 0 spiro atoms. The Labute approximate surface area is 232 Å². The summed E-state index contributed by atoms with van der Waals surface area (Å²) in [6, 6.07) is 9.70. The fraction of sp³-hybridized carbons (Fsp3) is 0.483. The van der Waals surface area contributed by atoms with E-state index in [1.54, 1.807) is 48.4 Å².